The van der Waals surface area contributed by atoms with E-state index >= 15 is 0 Å². The Labute approximate surface area is 187 Å². The molecule has 0 aliphatic carbocycles. The molecule has 1 aromatic carbocycles. The standard InChI is InChI=1S/C23H27FN4O3S/c1-15-10-16(12-17(24)11-15)20-6-5-8-27(20)18-7-9-28-21(13-18)19(14-25-28)22(29)26-32(30,31)23(2,3)4/h7,9-14,20H,5-6,8H2,1-4H3,(H,26,29)/t20-/m1/s1. The number of aromatic nitrogens is 2. The summed E-state index contributed by atoms with van der Waals surface area (Å²) in [6.45, 7) is 7.25. The Morgan fingerprint density at radius 3 is 2.66 bits per heavy atom. The molecule has 1 amide bonds. The van der Waals surface area contributed by atoms with Crippen molar-refractivity contribution >= 4 is 27.1 Å². The van der Waals surface area contributed by atoms with Crippen molar-refractivity contribution in [1.29, 1.82) is 0 Å². The first-order valence-corrected chi connectivity index (χ1v) is 12.0. The lowest BCUT2D eigenvalue weighted by atomic mass is 10.0. The average Bonchev–Trinajstić information content (AvgIpc) is 3.32. The number of pyridine rings is 1. The Morgan fingerprint density at radius 2 is 1.97 bits per heavy atom. The molecule has 1 aliphatic heterocycles. The van der Waals surface area contributed by atoms with E-state index in [1.54, 1.807) is 16.8 Å². The Morgan fingerprint density at radius 1 is 1.22 bits per heavy atom. The summed E-state index contributed by atoms with van der Waals surface area (Å²) in [6, 6.07) is 8.84. The Hall–Kier alpha value is -2.94. The number of nitrogens with one attached hydrogen (secondary N) is 1. The van der Waals surface area contributed by atoms with E-state index in [0.717, 1.165) is 36.2 Å². The summed E-state index contributed by atoms with van der Waals surface area (Å²) in [5.74, 6) is -0.970. The molecule has 2 aromatic heterocycles. The summed E-state index contributed by atoms with van der Waals surface area (Å²) in [7, 11) is -3.85. The lowest BCUT2D eigenvalue weighted by Crippen LogP contribution is -2.42. The molecule has 0 radical (unpaired) electrons. The molecule has 1 saturated heterocycles. The fourth-order valence-corrected chi connectivity index (χ4v) is 4.69. The van der Waals surface area contributed by atoms with E-state index in [4.69, 9.17) is 0 Å². The molecular formula is C23H27FN4O3S. The molecule has 0 saturated carbocycles. The zero-order chi connectivity index (χ0) is 23.3. The van der Waals surface area contributed by atoms with Crippen LogP contribution >= 0.6 is 0 Å². The minimum atomic E-state index is -3.85. The van der Waals surface area contributed by atoms with Crippen LogP contribution in [0.2, 0.25) is 0 Å². The highest BCUT2D eigenvalue weighted by molar-refractivity contribution is 7.91. The molecule has 1 atom stereocenters. The van der Waals surface area contributed by atoms with E-state index < -0.39 is 20.7 Å². The Bertz CT molecular complexity index is 1270. The van der Waals surface area contributed by atoms with Crippen LogP contribution in [-0.4, -0.2) is 35.2 Å². The van der Waals surface area contributed by atoms with Gasteiger partial charge in [-0.25, -0.2) is 22.0 Å². The van der Waals surface area contributed by atoms with E-state index in [9.17, 15) is 17.6 Å². The van der Waals surface area contributed by atoms with Gasteiger partial charge in [-0.15, -0.1) is 0 Å². The van der Waals surface area contributed by atoms with Crippen LogP contribution < -0.4 is 9.62 Å². The number of benzene rings is 1. The molecule has 0 spiro atoms. The van der Waals surface area contributed by atoms with Gasteiger partial charge in [0.15, 0.2) is 0 Å². The van der Waals surface area contributed by atoms with E-state index in [1.807, 2.05) is 25.1 Å². The molecule has 1 N–H and O–H groups in total. The Balaban J connectivity index is 1.69. The highest BCUT2D eigenvalue weighted by Gasteiger charge is 2.32. The molecule has 0 unspecified atom stereocenters. The molecule has 1 fully saturated rings. The molecule has 1 aliphatic rings. The zero-order valence-electron chi connectivity index (χ0n) is 18.6. The van der Waals surface area contributed by atoms with Gasteiger partial charge in [-0.2, -0.15) is 5.10 Å². The second-order valence-electron chi connectivity index (χ2n) is 9.23. The topological polar surface area (TPSA) is 83.8 Å². The van der Waals surface area contributed by atoms with Crippen molar-refractivity contribution in [1.82, 2.24) is 14.3 Å². The van der Waals surface area contributed by atoms with Gasteiger partial charge in [-0.05, 0) is 75.9 Å². The number of fused-ring (bicyclic) bond motifs is 1. The number of aryl methyl sites for hydroxylation is 1. The third-order valence-corrected chi connectivity index (χ3v) is 7.88. The van der Waals surface area contributed by atoms with Crippen molar-refractivity contribution in [3.05, 3.63) is 65.2 Å². The first-order chi connectivity index (χ1) is 15.0. The van der Waals surface area contributed by atoms with Crippen LogP contribution in [-0.2, 0) is 10.0 Å². The van der Waals surface area contributed by atoms with Gasteiger partial charge in [0, 0.05) is 18.4 Å². The lowest BCUT2D eigenvalue weighted by Gasteiger charge is -2.27. The maximum atomic E-state index is 14.0. The predicted octanol–water partition coefficient (Wildman–Crippen LogP) is 3.98. The van der Waals surface area contributed by atoms with E-state index in [1.165, 1.54) is 33.0 Å². The van der Waals surface area contributed by atoms with E-state index in [2.05, 4.69) is 14.7 Å². The van der Waals surface area contributed by atoms with Gasteiger partial charge in [0.2, 0.25) is 10.0 Å². The summed E-state index contributed by atoms with van der Waals surface area (Å²) in [5, 5.41) is 4.19. The van der Waals surface area contributed by atoms with Crippen LogP contribution in [0, 0.1) is 12.7 Å². The lowest BCUT2D eigenvalue weighted by molar-refractivity contribution is 0.0982. The summed E-state index contributed by atoms with van der Waals surface area (Å²) in [6.07, 6.45) is 4.96. The van der Waals surface area contributed by atoms with Gasteiger partial charge in [0.25, 0.3) is 5.91 Å². The zero-order valence-corrected chi connectivity index (χ0v) is 19.4. The fourth-order valence-electron chi connectivity index (χ4n) is 4.03. The molecule has 3 heterocycles. The van der Waals surface area contributed by atoms with Crippen LogP contribution in [0.15, 0.2) is 42.7 Å². The number of carbonyl (C=O) groups excluding carboxylic acids is 1. The number of halogens is 1. The van der Waals surface area contributed by atoms with Crippen molar-refractivity contribution in [2.75, 3.05) is 11.4 Å². The minimum Gasteiger partial charge on any atom is -0.364 e. The van der Waals surface area contributed by atoms with Crippen LogP contribution in [0.25, 0.3) is 5.52 Å². The van der Waals surface area contributed by atoms with Gasteiger partial charge < -0.3 is 4.90 Å². The van der Waals surface area contributed by atoms with E-state index in [0.29, 0.717) is 5.52 Å². The maximum absolute atomic E-state index is 14.0. The normalized spacial score (nSPS) is 17.2. The monoisotopic (exact) mass is 458 g/mol. The number of rotatable bonds is 4. The third-order valence-electron chi connectivity index (χ3n) is 5.82. The maximum Gasteiger partial charge on any atom is 0.268 e. The average molecular weight is 459 g/mol. The van der Waals surface area contributed by atoms with Gasteiger partial charge in [-0.1, -0.05) is 6.07 Å². The van der Waals surface area contributed by atoms with Crippen LogP contribution in [0.4, 0.5) is 10.1 Å². The second kappa shape index (κ2) is 7.88. The van der Waals surface area contributed by atoms with Crippen LogP contribution in [0.1, 0.15) is 61.1 Å². The van der Waals surface area contributed by atoms with Gasteiger partial charge in [0.1, 0.15) is 5.82 Å². The van der Waals surface area contributed by atoms with Crippen LogP contribution in [0.3, 0.4) is 0 Å². The molecule has 170 valence electrons. The molecule has 32 heavy (non-hydrogen) atoms. The highest BCUT2D eigenvalue weighted by atomic mass is 32.2. The van der Waals surface area contributed by atoms with Crippen molar-refractivity contribution in [2.24, 2.45) is 0 Å². The van der Waals surface area contributed by atoms with Crippen molar-refractivity contribution in [3.8, 4) is 0 Å². The number of carbonyl (C=O) groups is 1. The van der Waals surface area contributed by atoms with Crippen molar-refractivity contribution < 1.29 is 17.6 Å². The summed E-state index contributed by atoms with van der Waals surface area (Å²) in [5.41, 5.74) is 3.34. The smallest absolute Gasteiger partial charge is 0.268 e. The van der Waals surface area contributed by atoms with Gasteiger partial charge in [-0.3, -0.25) is 4.79 Å². The molecule has 4 rings (SSSR count). The van der Waals surface area contributed by atoms with Gasteiger partial charge in [0.05, 0.1) is 28.1 Å². The number of amides is 1. The SMILES string of the molecule is Cc1cc(F)cc([C@H]2CCCN2c2ccn3ncc(C(=O)NS(=O)(=O)C(C)(C)C)c3c2)c1. The number of hydrogen-bond acceptors (Lipinski definition) is 5. The molecule has 0 bridgehead atoms. The van der Waals surface area contributed by atoms with Crippen molar-refractivity contribution in [3.63, 3.8) is 0 Å². The molecule has 7 nitrogen and oxygen atoms in total. The first kappa shape index (κ1) is 22.3. The molecule has 3 aromatic rings. The quantitative estimate of drug-likeness (QED) is 0.639. The molecule has 9 heteroatoms. The predicted molar refractivity (Wildman–Crippen MR) is 122 cm³/mol. The van der Waals surface area contributed by atoms with Crippen molar-refractivity contribution in [2.45, 2.75) is 51.3 Å². The largest absolute Gasteiger partial charge is 0.364 e. The number of hydrogen-bond donors (Lipinski definition) is 1. The fraction of sp³-hybridized carbons (Fsp3) is 0.391. The number of sulfonamides is 1. The first-order valence-electron chi connectivity index (χ1n) is 10.5. The molecular weight excluding hydrogens is 431 g/mol. The van der Waals surface area contributed by atoms with Crippen LogP contribution in [0.5, 0.6) is 0 Å². The number of anilines is 1. The van der Waals surface area contributed by atoms with E-state index in [-0.39, 0.29) is 17.4 Å². The van der Waals surface area contributed by atoms with Gasteiger partial charge >= 0.3 is 0 Å². The minimum absolute atomic E-state index is 0.0216. The number of nitrogens with zero attached hydrogens (tertiary/aromatic N) is 3. The summed E-state index contributed by atoms with van der Waals surface area (Å²) >= 11 is 0. The second-order valence-corrected chi connectivity index (χ2v) is 11.7. The highest BCUT2D eigenvalue weighted by Crippen LogP contribution is 2.37. The Kier molecular flexibility index (Phi) is 5.48. The summed E-state index contributed by atoms with van der Waals surface area (Å²) in [4.78, 5) is 15.0. The summed E-state index contributed by atoms with van der Waals surface area (Å²) < 4.78 is 41.4. The third kappa shape index (κ3) is 4.09.